The third-order valence-electron chi connectivity index (χ3n) is 3.61. The van der Waals surface area contributed by atoms with Gasteiger partial charge in [-0.25, -0.2) is 4.98 Å². The molecule has 0 unspecified atom stereocenters. The Hall–Kier alpha value is -3.26. The number of hydrogen-bond acceptors (Lipinski definition) is 7. The normalized spacial score (nSPS) is 11.3. The molecule has 0 aliphatic carbocycles. The Labute approximate surface area is 161 Å². The number of allylic oxidation sites excluding steroid dienone is 2. The molecule has 2 aromatic heterocycles. The average molecular weight is 379 g/mol. The minimum atomic E-state index is -0.0603. The monoisotopic (exact) mass is 379 g/mol. The summed E-state index contributed by atoms with van der Waals surface area (Å²) >= 11 is 4.27. The van der Waals surface area contributed by atoms with E-state index in [0.717, 1.165) is 5.56 Å². The highest BCUT2D eigenvalue weighted by atomic mass is 32.1. The molecule has 0 N–H and O–H groups in total. The molecule has 0 saturated heterocycles. The van der Waals surface area contributed by atoms with Gasteiger partial charge in [0, 0.05) is 25.2 Å². The number of thiol groups is 1. The van der Waals surface area contributed by atoms with Crippen LogP contribution in [0.2, 0.25) is 0 Å². The molecule has 0 bridgehead atoms. The molecule has 3 rings (SSSR count). The van der Waals surface area contributed by atoms with Crippen LogP contribution in [0.3, 0.4) is 0 Å². The zero-order chi connectivity index (χ0) is 19.4. The first-order valence-corrected chi connectivity index (χ1v) is 8.44. The van der Waals surface area contributed by atoms with Gasteiger partial charge in [-0.2, -0.15) is 0 Å². The van der Waals surface area contributed by atoms with Crippen LogP contribution in [0.15, 0.2) is 59.8 Å². The molecule has 0 fully saturated rings. The lowest BCUT2D eigenvalue weighted by Gasteiger charge is -2.10. The van der Waals surface area contributed by atoms with Gasteiger partial charge < -0.3 is 9.32 Å². The van der Waals surface area contributed by atoms with Crippen molar-refractivity contribution in [1.82, 2.24) is 25.1 Å². The molecule has 0 radical (unpaired) electrons. The van der Waals surface area contributed by atoms with Gasteiger partial charge in [0.25, 0.3) is 17.7 Å². The van der Waals surface area contributed by atoms with Crippen LogP contribution in [-0.2, 0) is 0 Å². The van der Waals surface area contributed by atoms with Crippen molar-refractivity contribution in [2.45, 2.75) is 0 Å². The molecule has 0 aliphatic heterocycles. The standard InChI is InChI=1S/C19H17N5O2S/c1-4-5-16(27)18-23-22-17(26-18)15-11-20-10-14(21-15)12-6-8-13(9-7-12)19(25)24(2)3/h4-11,27H,1H2,2-3H3/b16-5-. The minimum absolute atomic E-state index is 0.0603. The van der Waals surface area contributed by atoms with Crippen LogP contribution in [-0.4, -0.2) is 45.1 Å². The molecule has 1 amide bonds. The second-order valence-corrected chi connectivity index (χ2v) is 6.25. The van der Waals surface area contributed by atoms with E-state index in [2.05, 4.69) is 39.4 Å². The molecule has 0 aliphatic rings. The highest BCUT2D eigenvalue weighted by molar-refractivity contribution is 7.90. The van der Waals surface area contributed by atoms with Crippen molar-refractivity contribution in [1.29, 1.82) is 0 Å². The van der Waals surface area contributed by atoms with Gasteiger partial charge in [0.05, 0.1) is 23.0 Å². The first kappa shape index (κ1) is 18.5. The summed E-state index contributed by atoms with van der Waals surface area (Å²) in [6.07, 6.45) is 6.40. The van der Waals surface area contributed by atoms with E-state index in [-0.39, 0.29) is 17.7 Å². The van der Waals surface area contributed by atoms with Gasteiger partial charge in [-0.1, -0.05) is 24.8 Å². The Morgan fingerprint density at radius 1 is 1.15 bits per heavy atom. The van der Waals surface area contributed by atoms with E-state index in [9.17, 15) is 4.79 Å². The third-order valence-corrected chi connectivity index (χ3v) is 3.95. The lowest BCUT2D eigenvalue weighted by atomic mass is 10.1. The van der Waals surface area contributed by atoms with E-state index in [0.29, 0.717) is 21.9 Å². The first-order valence-electron chi connectivity index (χ1n) is 7.99. The third kappa shape index (κ3) is 4.12. The van der Waals surface area contributed by atoms with Crippen molar-refractivity contribution in [2.24, 2.45) is 0 Å². The summed E-state index contributed by atoms with van der Waals surface area (Å²) in [5.74, 6) is 0.449. The molecule has 7 nitrogen and oxygen atoms in total. The summed E-state index contributed by atoms with van der Waals surface area (Å²) in [6.45, 7) is 3.60. The van der Waals surface area contributed by atoms with Gasteiger partial charge in [0.15, 0.2) is 0 Å². The van der Waals surface area contributed by atoms with Gasteiger partial charge in [0.1, 0.15) is 5.69 Å². The molecule has 0 saturated carbocycles. The van der Waals surface area contributed by atoms with Gasteiger partial charge in [-0.05, 0) is 18.2 Å². The van der Waals surface area contributed by atoms with Gasteiger partial charge in [0.2, 0.25) is 0 Å². The van der Waals surface area contributed by atoms with Crippen LogP contribution < -0.4 is 0 Å². The van der Waals surface area contributed by atoms with Gasteiger partial charge in [-0.3, -0.25) is 9.78 Å². The maximum absolute atomic E-state index is 12.0. The van der Waals surface area contributed by atoms with Crippen LogP contribution in [0, 0.1) is 0 Å². The number of nitrogens with zero attached hydrogens (tertiary/aromatic N) is 5. The zero-order valence-electron chi connectivity index (χ0n) is 14.8. The summed E-state index contributed by atoms with van der Waals surface area (Å²) < 4.78 is 5.58. The quantitative estimate of drug-likeness (QED) is 0.540. The summed E-state index contributed by atoms with van der Waals surface area (Å²) in [5, 5.41) is 7.93. The van der Waals surface area contributed by atoms with Crippen molar-refractivity contribution < 1.29 is 9.21 Å². The highest BCUT2D eigenvalue weighted by Crippen LogP contribution is 2.24. The largest absolute Gasteiger partial charge is 0.414 e. The molecule has 0 atom stereocenters. The number of amides is 1. The summed E-state index contributed by atoms with van der Waals surface area (Å²) in [6, 6.07) is 7.15. The fourth-order valence-corrected chi connectivity index (χ4v) is 2.46. The van der Waals surface area contributed by atoms with Crippen LogP contribution in [0.5, 0.6) is 0 Å². The predicted octanol–water partition coefficient (Wildman–Crippen LogP) is 3.35. The first-order chi connectivity index (χ1) is 13.0. The summed E-state index contributed by atoms with van der Waals surface area (Å²) in [4.78, 5) is 22.7. The smallest absolute Gasteiger partial charge is 0.268 e. The summed E-state index contributed by atoms with van der Waals surface area (Å²) in [7, 11) is 3.43. The predicted molar refractivity (Wildman–Crippen MR) is 106 cm³/mol. The van der Waals surface area contributed by atoms with Crippen molar-refractivity contribution in [3.8, 4) is 22.8 Å². The Balaban J connectivity index is 1.89. The van der Waals surface area contributed by atoms with E-state index in [1.165, 1.54) is 4.90 Å². The number of aromatic nitrogens is 4. The topological polar surface area (TPSA) is 85.0 Å². The molecule has 1 aromatic carbocycles. The van der Waals surface area contributed by atoms with Gasteiger partial charge in [-0.15, -0.1) is 22.8 Å². The maximum Gasteiger partial charge on any atom is 0.268 e. The number of rotatable bonds is 5. The molecule has 8 heteroatoms. The number of hydrogen-bond donors (Lipinski definition) is 1. The van der Waals surface area contributed by atoms with Crippen molar-refractivity contribution in [3.63, 3.8) is 0 Å². The van der Waals surface area contributed by atoms with Crippen LogP contribution in [0.4, 0.5) is 0 Å². The van der Waals surface area contributed by atoms with Crippen LogP contribution in [0.25, 0.3) is 27.7 Å². The lowest BCUT2D eigenvalue weighted by Crippen LogP contribution is -2.21. The number of carbonyl (C=O) groups excluding carboxylic acids is 1. The lowest BCUT2D eigenvalue weighted by molar-refractivity contribution is 0.0827. The molecule has 136 valence electrons. The Bertz CT molecular complexity index is 1010. The Morgan fingerprint density at radius 2 is 1.85 bits per heavy atom. The SMILES string of the molecule is C=C/C=C(\S)c1nnc(-c2cncc(-c3ccc(C(=O)N(C)C)cc3)n2)o1. The minimum Gasteiger partial charge on any atom is -0.414 e. The van der Waals surface area contributed by atoms with E-state index in [1.807, 2.05) is 12.1 Å². The van der Waals surface area contributed by atoms with E-state index in [4.69, 9.17) is 4.42 Å². The fourth-order valence-electron chi connectivity index (χ4n) is 2.26. The van der Waals surface area contributed by atoms with Gasteiger partial charge >= 0.3 is 0 Å². The van der Waals surface area contributed by atoms with E-state index in [1.54, 1.807) is 50.8 Å². The second-order valence-electron chi connectivity index (χ2n) is 5.77. The molecular formula is C19H17N5O2S. The number of benzene rings is 1. The second kappa shape index (κ2) is 7.96. The van der Waals surface area contributed by atoms with Crippen molar-refractivity contribution in [2.75, 3.05) is 14.1 Å². The van der Waals surface area contributed by atoms with Crippen LogP contribution >= 0.6 is 12.6 Å². The Kier molecular flexibility index (Phi) is 5.46. The molecule has 2 heterocycles. The molecule has 27 heavy (non-hydrogen) atoms. The summed E-state index contributed by atoms with van der Waals surface area (Å²) in [5.41, 5.74) is 2.49. The van der Waals surface area contributed by atoms with E-state index < -0.39 is 0 Å². The van der Waals surface area contributed by atoms with Crippen molar-refractivity contribution in [3.05, 3.63) is 66.8 Å². The highest BCUT2D eigenvalue weighted by Gasteiger charge is 2.13. The van der Waals surface area contributed by atoms with E-state index >= 15 is 0 Å². The number of carbonyl (C=O) groups is 1. The Morgan fingerprint density at radius 3 is 2.52 bits per heavy atom. The molecule has 0 spiro atoms. The fraction of sp³-hybridized carbons (Fsp3) is 0.105. The molecule has 3 aromatic rings. The van der Waals surface area contributed by atoms with Crippen LogP contribution in [0.1, 0.15) is 16.2 Å². The zero-order valence-corrected chi connectivity index (χ0v) is 15.7. The van der Waals surface area contributed by atoms with Crippen molar-refractivity contribution >= 4 is 23.4 Å². The average Bonchev–Trinajstić information content (AvgIpc) is 3.18. The maximum atomic E-state index is 12.0. The molecular weight excluding hydrogens is 362 g/mol.